The largest absolute Gasteiger partial charge is 0.355 e. The second-order valence-corrected chi connectivity index (χ2v) is 4.20. The number of carbonyl (C=O) groups excluding carboxylic acids is 1. The van der Waals surface area contributed by atoms with Crippen LogP contribution in [0.5, 0.6) is 0 Å². The van der Waals surface area contributed by atoms with E-state index in [9.17, 15) is 4.79 Å². The molecule has 0 spiro atoms. The molecule has 1 aromatic heterocycles. The van der Waals surface area contributed by atoms with Gasteiger partial charge in [-0.1, -0.05) is 0 Å². The molecule has 5 heteroatoms. The second-order valence-electron chi connectivity index (χ2n) is 4.20. The molecule has 0 radical (unpaired) electrons. The molecule has 1 aliphatic carbocycles. The number of hydrogen-bond donors (Lipinski definition) is 2. The Kier molecular flexibility index (Phi) is 3.56. The van der Waals surface area contributed by atoms with Crippen molar-refractivity contribution < 1.29 is 4.79 Å². The van der Waals surface area contributed by atoms with Gasteiger partial charge in [0, 0.05) is 38.4 Å². The third-order valence-electron chi connectivity index (χ3n) is 2.75. The van der Waals surface area contributed by atoms with Gasteiger partial charge in [0.15, 0.2) is 0 Å². The van der Waals surface area contributed by atoms with Gasteiger partial charge in [0.05, 0.1) is 6.54 Å². The molecule has 1 fully saturated rings. The molecule has 0 unspecified atom stereocenters. The van der Waals surface area contributed by atoms with Crippen LogP contribution < -0.4 is 10.6 Å². The molecule has 5 nitrogen and oxygen atoms in total. The molecule has 0 bridgehead atoms. The van der Waals surface area contributed by atoms with E-state index >= 15 is 0 Å². The van der Waals surface area contributed by atoms with E-state index in [4.69, 9.17) is 0 Å². The Morgan fingerprint density at radius 2 is 2.38 bits per heavy atom. The molecule has 1 amide bonds. The minimum Gasteiger partial charge on any atom is -0.355 e. The maximum Gasteiger partial charge on any atom is 0.223 e. The first-order chi connectivity index (χ1) is 7.77. The summed E-state index contributed by atoms with van der Waals surface area (Å²) in [5, 5.41) is 6.16. The number of aromatic nitrogens is 2. The van der Waals surface area contributed by atoms with E-state index in [0.29, 0.717) is 12.5 Å². The van der Waals surface area contributed by atoms with E-state index in [1.54, 1.807) is 6.20 Å². The summed E-state index contributed by atoms with van der Waals surface area (Å²) >= 11 is 0. The van der Waals surface area contributed by atoms with Crippen LogP contribution >= 0.6 is 0 Å². The van der Waals surface area contributed by atoms with Crippen molar-refractivity contribution >= 4 is 5.91 Å². The third kappa shape index (κ3) is 3.06. The van der Waals surface area contributed by atoms with Gasteiger partial charge in [0.1, 0.15) is 5.82 Å². The van der Waals surface area contributed by atoms with Crippen LogP contribution in [-0.4, -0.2) is 28.5 Å². The molecular formula is C11H18N4O. The quantitative estimate of drug-likeness (QED) is 0.668. The SMILES string of the molecule is Cn1ccnc1CNCCNC(=O)C1CC1. The first kappa shape index (κ1) is 11.1. The highest BCUT2D eigenvalue weighted by Gasteiger charge is 2.28. The van der Waals surface area contributed by atoms with Crippen LogP contribution in [-0.2, 0) is 18.4 Å². The van der Waals surface area contributed by atoms with E-state index in [-0.39, 0.29) is 5.91 Å². The van der Waals surface area contributed by atoms with E-state index in [1.807, 2.05) is 17.8 Å². The summed E-state index contributed by atoms with van der Waals surface area (Å²) < 4.78 is 1.98. The molecular weight excluding hydrogens is 204 g/mol. The Bertz CT molecular complexity index is 357. The molecule has 1 aliphatic rings. The van der Waals surface area contributed by atoms with Gasteiger partial charge in [-0.05, 0) is 12.8 Å². The maximum absolute atomic E-state index is 11.3. The van der Waals surface area contributed by atoms with Gasteiger partial charge in [-0.25, -0.2) is 4.98 Å². The fourth-order valence-corrected chi connectivity index (χ4v) is 1.53. The molecule has 0 saturated heterocycles. The highest BCUT2D eigenvalue weighted by Crippen LogP contribution is 2.28. The number of carbonyl (C=O) groups is 1. The molecule has 0 aromatic carbocycles. The molecule has 2 rings (SSSR count). The summed E-state index contributed by atoms with van der Waals surface area (Å²) in [6.07, 6.45) is 5.83. The van der Waals surface area contributed by atoms with Crippen LogP contribution in [0.25, 0.3) is 0 Å². The van der Waals surface area contributed by atoms with E-state index < -0.39 is 0 Å². The van der Waals surface area contributed by atoms with Crippen molar-refractivity contribution in [2.75, 3.05) is 13.1 Å². The summed E-state index contributed by atoms with van der Waals surface area (Å²) in [5.41, 5.74) is 0. The number of rotatable bonds is 6. The van der Waals surface area contributed by atoms with Gasteiger partial charge >= 0.3 is 0 Å². The van der Waals surface area contributed by atoms with Crippen molar-refractivity contribution in [1.29, 1.82) is 0 Å². The molecule has 0 aliphatic heterocycles. The highest BCUT2D eigenvalue weighted by atomic mass is 16.2. The van der Waals surface area contributed by atoms with Gasteiger partial charge in [-0.15, -0.1) is 0 Å². The number of hydrogen-bond acceptors (Lipinski definition) is 3. The fraction of sp³-hybridized carbons (Fsp3) is 0.636. The summed E-state index contributed by atoms with van der Waals surface area (Å²) in [7, 11) is 1.97. The van der Waals surface area contributed by atoms with Crippen LogP contribution in [0.3, 0.4) is 0 Å². The first-order valence-electron chi connectivity index (χ1n) is 5.72. The Morgan fingerprint density at radius 3 is 3.00 bits per heavy atom. The predicted octanol–water partition coefficient (Wildman–Crippen LogP) is 0.0359. The number of nitrogens with one attached hydrogen (secondary N) is 2. The average Bonchev–Trinajstić information content (AvgIpc) is 3.04. The predicted molar refractivity (Wildman–Crippen MR) is 60.6 cm³/mol. The zero-order valence-electron chi connectivity index (χ0n) is 9.57. The molecule has 88 valence electrons. The van der Waals surface area contributed by atoms with E-state index in [1.165, 1.54) is 0 Å². The molecule has 0 atom stereocenters. The van der Waals surface area contributed by atoms with Crippen molar-refractivity contribution in [1.82, 2.24) is 20.2 Å². The normalized spacial score (nSPS) is 15.1. The van der Waals surface area contributed by atoms with Crippen molar-refractivity contribution in [2.45, 2.75) is 19.4 Å². The van der Waals surface area contributed by atoms with Gasteiger partial charge in [-0.3, -0.25) is 4.79 Å². The summed E-state index contributed by atoms with van der Waals surface area (Å²) in [4.78, 5) is 15.5. The van der Waals surface area contributed by atoms with Crippen molar-refractivity contribution in [3.8, 4) is 0 Å². The molecule has 1 aromatic rings. The zero-order valence-corrected chi connectivity index (χ0v) is 9.57. The summed E-state index contributed by atoms with van der Waals surface area (Å²) in [6.45, 7) is 2.22. The van der Waals surface area contributed by atoms with Crippen molar-refractivity contribution in [3.63, 3.8) is 0 Å². The van der Waals surface area contributed by atoms with Gasteiger partial charge in [0.2, 0.25) is 5.91 Å². The minimum atomic E-state index is 0.207. The number of imidazole rings is 1. The number of amides is 1. The Morgan fingerprint density at radius 1 is 1.56 bits per heavy atom. The Hall–Kier alpha value is -1.36. The average molecular weight is 222 g/mol. The Balaban J connectivity index is 1.55. The number of nitrogens with zero attached hydrogens (tertiary/aromatic N) is 2. The molecule has 2 N–H and O–H groups in total. The van der Waals surface area contributed by atoms with Gasteiger partial charge in [-0.2, -0.15) is 0 Å². The van der Waals surface area contributed by atoms with Gasteiger partial charge in [0.25, 0.3) is 0 Å². The molecule has 1 heterocycles. The minimum absolute atomic E-state index is 0.207. The lowest BCUT2D eigenvalue weighted by molar-refractivity contribution is -0.122. The van der Waals surface area contributed by atoms with E-state index in [0.717, 1.165) is 31.8 Å². The van der Waals surface area contributed by atoms with Crippen molar-refractivity contribution in [2.24, 2.45) is 13.0 Å². The lowest BCUT2D eigenvalue weighted by Gasteiger charge is -2.06. The standard InChI is InChI=1S/C11H18N4O/c1-15-7-6-13-10(15)8-12-4-5-14-11(16)9-2-3-9/h6-7,9,12H,2-5,8H2,1H3,(H,14,16). The van der Waals surface area contributed by atoms with Gasteiger partial charge < -0.3 is 15.2 Å². The lowest BCUT2D eigenvalue weighted by atomic mass is 10.4. The monoisotopic (exact) mass is 222 g/mol. The Labute approximate surface area is 95.2 Å². The first-order valence-corrected chi connectivity index (χ1v) is 5.72. The number of aryl methyl sites for hydroxylation is 1. The van der Waals surface area contributed by atoms with E-state index in [2.05, 4.69) is 15.6 Å². The van der Waals surface area contributed by atoms with Crippen molar-refractivity contribution in [3.05, 3.63) is 18.2 Å². The van der Waals surface area contributed by atoms with Crippen LogP contribution in [0, 0.1) is 5.92 Å². The van der Waals surface area contributed by atoms with Crippen LogP contribution in [0.1, 0.15) is 18.7 Å². The molecule has 16 heavy (non-hydrogen) atoms. The van der Waals surface area contributed by atoms with Crippen LogP contribution in [0.2, 0.25) is 0 Å². The lowest BCUT2D eigenvalue weighted by Crippen LogP contribution is -2.32. The smallest absolute Gasteiger partial charge is 0.223 e. The maximum atomic E-state index is 11.3. The molecule has 1 saturated carbocycles. The summed E-state index contributed by atoms with van der Waals surface area (Å²) in [6, 6.07) is 0. The summed E-state index contributed by atoms with van der Waals surface area (Å²) in [5.74, 6) is 1.52. The van der Waals surface area contributed by atoms with Crippen LogP contribution in [0.15, 0.2) is 12.4 Å². The highest BCUT2D eigenvalue weighted by molar-refractivity contribution is 5.80. The van der Waals surface area contributed by atoms with Crippen LogP contribution in [0.4, 0.5) is 0 Å². The zero-order chi connectivity index (χ0) is 11.4. The topological polar surface area (TPSA) is 59.0 Å². The fourth-order valence-electron chi connectivity index (χ4n) is 1.53. The second kappa shape index (κ2) is 5.12. The third-order valence-corrected chi connectivity index (χ3v) is 2.75.